The van der Waals surface area contributed by atoms with Crippen molar-refractivity contribution in [2.24, 2.45) is 0 Å². The molecule has 2 aromatic rings. The Bertz CT molecular complexity index is 620. The summed E-state index contributed by atoms with van der Waals surface area (Å²) in [5.41, 5.74) is 4.01. The van der Waals surface area contributed by atoms with Crippen LogP contribution >= 0.6 is 27.5 Å². The van der Waals surface area contributed by atoms with Gasteiger partial charge in [0, 0.05) is 16.2 Å². The number of benzene rings is 2. The fraction of sp³-hybridized carbons (Fsp3) is 0.294. The summed E-state index contributed by atoms with van der Waals surface area (Å²) in [5, 5.41) is 4.31. The number of anilines is 1. The van der Waals surface area contributed by atoms with Gasteiger partial charge in [-0.1, -0.05) is 35.9 Å². The molecule has 104 valence electrons. The molecule has 0 aliphatic heterocycles. The van der Waals surface area contributed by atoms with E-state index in [1.807, 2.05) is 12.1 Å². The predicted molar refractivity (Wildman–Crippen MR) is 89.7 cm³/mol. The zero-order valence-electron chi connectivity index (χ0n) is 11.4. The minimum Gasteiger partial charge on any atom is -0.382 e. The van der Waals surface area contributed by atoms with Crippen LogP contribution in [0.25, 0.3) is 0 Å². The van der Waals surface area contributed by atoms with Gasteiger partial charge in [-0.25, -0.2) is 0 Å². The lowest BCUT2D eigenvalue weighted by Crippen LogP contribution is -2.34. The van der Waals surface area contributed by atoms with Crippen LogP contribution in [0.4, 0.5) is 5.69 Å². The Morgan fingerprint density at radius 1 is 1.15 bits per heavy atom. The Kier molecular flexibility index (Phi) is 4.04. The van der Waals surface area contributed by atoms with Crippen molar-refractivity contribution in [3.05, 3.63) is 63.1 Å². The minimum atomic E-state index is 0.553. The lowest BCUT2D eigenvalue weighted by molar-refractivity contribution is 0.373. The maximum absolute atomic E-state index is 6.12. The fourth-order valence-electron chi connectivity index (χ4n) is 2.86. The predicted octanol–water partition coefficient (Wildman–Crippen LogP) is 5.77. The van der Waals surface area contributed by atoms with Gasteiger partial charge >= 0.3 is 0 Å². The molecule has 1 N–H and O–H groups in total. The highest BCUT2D eigenvalue weighted by Gasteiger charge is 2.30. The number of halogens is 2. The van der Waals surface area contributed by atoms with Gasteiger partial charge in [-0.05, 0) is 70.9 Å². The third-order valence-corrected chi connectivity index (χ3v) is 5.29. The largest absolute Gasteiger partial charge is 0.382 e. The highest BCUT2D eigenvalue weighted by atomic mass is 79.9. The second-order valence-electron chi connectivity index (χ2n) is 5.50. The van der Waals surface area contributed by atoms with Crippen LogP contribution < -0.4 is 5.32 Å². The molecule has 0 amide bonds. The van der Waals surface area contributed by atoms with Gasteiger partial charge < -0.3 is 5.32 Å². The molecule has 2 aromatic carbocycles. The van der Waals surface area contributed by atoms with Crippen LogP contribution in [0.5, 0.6) is 0 Å². The van der Waals surface area contributed by atoms with E-state index in [0.717, 1.165) is 15.2 Å². The molecule has 0 aromatic heterocycles. The number of rotatable bonds is 3. The van der Waals surface area contributed by atoms with Crippen LogP contribution in [0, 0.1) is 6.92 Å². The Hall–Kier alpha value is -0.990. The maximum Gasteiger partial charge on any atom is 0.0568 e. The van der Waals surface area contributed by atoms with E-state index in [9.17, 15) is 0 Å². The lowest BCUT2D eigenvalue weighted by Gasteiger charge is -2.37. The summed E-state index contributed by atoms with van der Waals surface area (Å²) < 4.78 is 0.941. The maximum atomic E-state index is 6.12. The van der Waals surface area contributed by atoms with Crippen LogP contribution in [-0.2, 0) is 0 Å². The zero-order valence-corrected chi connectivity index (χ0v) is 13.7. The van der Waals surface area contributed by atoms with Gasteiger partial charge in [0.05, 0.1) is 5.02 Å². The van der Waals surface area contributed by atoms with E-state index >= 15 is 0 Å². The van der Waals surface area contributed by atoms with Gasteiger partial charge in [0.15, 0.2) is 0 Å². The topological polar surface area (TPSA) is 12.0 Å². The number of hydrogen-bond acceptors (Lipinski definition) is 1. The Balaban J connectivity index is 1.61. The molecular weight excluding hydrogens is 334 g/mol. The van der Waals surface area contributed by atoms with Crippen LogP contribution in [0.1, 0.15) is 29.9 Å². The summed E-state index contributed by atoms with van der Waals surface area (Å²) in [6.45, 7) is 2.20. The molecule has 0 atom stereocenters. The SMILES string of the molecule is Cc1ccccc1C1CC(Nc2ccc(Br)c(Cl)c2)C1. The van der Waals surface area contributed by atoms with Crippen molar-refractivity contribution in [3.8, 4) is 0 Å². The molecule has 0 bridgehead atoms. The molecule has 0 radical (unpaired) electrons. The quantitative estimate of drug-likeness (QED) is 0.741. The smallest absolute Gasteiger partial charge is 0.0568 e. The van der Waals surface area contributed by atoms with Crippen molar-refractivity contribution in [1.29, 1.82) is 0 Å². The van der Waals surface area contributed by atoms with Gasteiger partial charge in [0.1, 0.15) is 0 Å². The first kappa shape index (κ1) is 14.0. The third kappa shape index (κ3) is 2.87. The van der Waals surface area contributed by atoms with Crippen molar-refractivity contribution < 1.29 is 0 Å². The molecule has 1 saturated carbocycles. The second kappa shape index (κ2) is 5.79. The molecular formula is C17H17BrClN. The van der Waals surface area contributed by atoms with E-state index in [1.165, 1.54) is 24.0 Å². The minimum absolute atomic E-state index is 0.553. The van der Waals surface area contributed by atoms with Crippen LogP contribution in [0.15, 0.2) is 46.9 Å². The molecule has 0 unspecified atom stereocenters. The molecule has 3 heteroatoms. The molecule has 0 saturated heterocycles. The highest BCUT2D eigenvalue weighted by Crippen LogP contribution is 2.40. The fourth-order valence-corrected chi connectivity index (χ4v) is 3.28. The number of nitrogens with one attached hydrogen (secondary N) is 1. The number of hydrogen-bond donors (Lipinski definition) is 1. The van der Waals surface area contributed by atoms with Crippen molar-refractivity contribution in [3.63, 3.8) is 0 Å². The van der Waals surface area contributed by atoms with E-state index in [1.54, 1.807) is 0 Å². The highest BCUT2D eigenvalue weighted by molar-refractivity contribution is 9.10. The van der Waals surface area contributed by atoms with Gasteiger partial charge in [-0.3, -0.25) is 0 Å². The van der Waals surface area contributed by atoms with E-state index in [4.69, 9.17) is 11.6 Å². The first-order valence-corrected chi connectivity index (χ1v) is 8.07. The van der Waals surface area contributed by atoms with Gasteiger partial charge in [0.2, 0.25) is 0 Å². The standard InChI is InChI=1S/C17H17BrClN/c1-11-4-2-3-5-15(11)12-8-14(9-12)20-13-6-7-16(18)17(19)10-13/h2-7,10,12,14,20H,8-9H2,1H3. The van der Waals surface area contributed by atoms with E-state index in [2.05, 4.69) is 58.5 Å². The summed E-state index contributed by atoms with van der Waals surface area (Å²) in [4.78, 5) is 0. The average Bonchev–Trinajstić information content (AvgIpc) is 2.39. The summed E-state index contributed by atoms with van der Waals surface area (Å²) in [5.74, 6) is 0.694. The summed E-state index contributed by atoms with van der Waals surface area (Å²) >= 11 is 9.53. The van der Waals surface area contributed by atoms with Gasteiger partial charge in [-0.2, -0.15) is 0 Å². The summed E-state index contributed by atoms with van der Waals surface area (Å²) in [6.07, 6.45) is 2.39. The average molecular weight is 351 g/mol. The van der Waals surface area contributed by atoms with E-state index < -0.39 is 0 Å². The first-order chi connectivity index (χ1) is 9.63. The van der Waals surface area contributed by atoms with Gasteiger partial charge in [-0.15, -0.1) is 0 Å². The van der Waals surface area contributed by atoms with E-state index in [-0.39, 0.29) is 0 Å². The van der Waals surface area contributed by atoms with Crippen molar-refractivity contribution >= 4 is 33.2 Å². The molecule has 1 aliphatic rings. The normalized spacial score (nSPS) is 21.4. The molecule has 1 fully saturated rings. The third-order valence-electron chi connectivity index (χ3n) is 4.06. The van der Waals surface area contributed by atoms with Crippen molar-refractivity contribution in [2.75, 3.05) is 5.32 Å². The Labute approximate surface area is 133 Å². The molecule has 1 aliphatic carbocycles. The zero-order chi connectivity index (χ0) is 14.1. The van der Waals surface area contributed by atoms with Crippen molar-refractivity contribution in [2.45, 2.75) is 31.7 Å². The van der Waals surface area contributed by atoms with Crippen LogP contribution in [-0.4, -0.2) is 6.04 Å². The van der Waals surface area contributed by atoms with E-state index in [0.29, 0.717) is 12.0 Å². The molecule has 20 heavy (non-hydrogen) atoms. The monoisotopic (exact) mass is 349 g/mol. The van der Waals surface area contributed by atoms with Gasteiger partial charge in [0.25, 0.3) is 0 Å². The Morgan fingerprint density at radius 3 is 2.60 bits per heavy atom. The number of aryl methyl sites for hydroxylation is 1. The van der Waals surface area contributed by atoms with Crippen LogP contribution in [0.2, 0.25) is 5.02 Å². The van der Waals surface area contributed by atoms with Crippen molar-refractivity contribution in [1.82, 2.24) is 0 Å². The molecule has 3 rings (SSSR count). The Morgan fingerprint density at radius 2 is 1.90 bits per heavy atom. The molecule has 0 spiro atoms. The lowest BCUT2D eigenvalue weighted by atomic mass is 9.74. The summed E-state index contributed by atoms with van der Waals surface area (Å²) in [6, 6.07) is 15.3. The second-order valence-corrected chi connectivity index (χ2v) is 6.76. The first-order valence-electron chi connectivity index (χ1n) is 6.90. The molecule has 0 heterocycles. The molecule has 1 nitrogen and oxygen atoms in total. The summed E-state index contributed by atoms with van der Waals surface area (Å²) in [7, 11) is 0. The van der Waals surface area contributed by atoms with Crippen LogP contribution in [0.3, 0.4) is 0 Å².